The normalized spacial score (nSPS) is 17.9. The van der Waals surface area contributed by atoms with Gasteiger partial charge in [0.15, 0.2) is 0 Å². The minimum absolute atomic E-state index is 0.0455. The van der Waals surface area contributed by atoms with E-state index < -0.39 is 46.7 Å². The highest BCUT2D eigenvalue weighted by molar-refractivity contribution is 5.90. The molecule has 0 spiro atoms. The van der Waals surface area contributed by atoms with Crippen LogP contribution in [0.25, 0.3) is 0 Å². The van der Waals surface area contributed by atoms with E-state index in [1.54, 1.807) is 52.0 Å². The Morgan fingerprint density at radius 2 is 1.76 bits per heavy atom. The molecule has 1 heterocycles. The monoisotopic (exact) mass is 508 g/mol. The number of nitrogens with one attached hydrogen (secondary N) is 1. The average molecular weight is 509 g/mol. The molecule has 194 valence electrons. The van der Waals surface area contributed by atoms with Gasteiger partial charge in [0.1, 0.15) is 17.7 Å². The smallest absolute Gasteiger partial charge is 0.411 e. The highest BCUT2D eigenvalue weighted by Gasteiger charge is 2.43. The lowest BCUT2D eigenvalue weighted by molar-refractivity contribution is -0.384. The number of hydrogen-bond donors (Lipinski definition) is 1. The second-order valence-electron chi connectivity index (χ2n) is 9.68. The van der Waals surface area contributed by atoms with Gasteiger partial charge in [0.25, 0.3) is 5.69 Å². The molecule has 0 unspecified atom stereocenters. The molecule has 0 bridgehead atoms. The number of carbonyl (C=O) groups excluding carboxylic acids is 3. The molecule has 2 aromatic rings. The van der Waals surface area contributed by atoms with Gasteiger partial charge in [-0.15, -0.1) is 0 Å². The van der Waals surface area contributed by atoms with E-state index in [0.29, 0.717) is 5.56 Å². The van der Waals surface area contributed by atoms with Crippen molar-refractivity contribution in [3.63, 3.8) is 0 Å². The molecular weight excluding hydrogens is 480 g/mol. The Hall–Kier alpha value is -4.46. The Balaban J connectivity index is 1.74. The van der Waals surface area contributed by atoms with Gasteiger partial charge in [0.05, 0.1) is 34.7 Å². The van der Waals surface area contributed by atoms with Crippen molar-refractivity contribution in [1.82, 2.24) is 10.2 Å². The van der Waals surface area contributed by atoms with E-state index in [2.05, 4.69) is 5.32 Å². The van der Waals surface area contributed by atoms with Crippen LogP contribution in [0.1, 0.15) is 61.6 Å². The number of nitrogens with zero attached hydrogens (tertiary/aromatic N) is 3. The minimum Gasteiger partial charge on any atom is -0.457 e. The third-order valence-corrected chi connectivity index (χ3v) is 5.68. The molecule has 1 aliphatic rings. The summed E-state index contributed by atoms with van der Waals surface area (Å²) in [6, 6.07) is 12.4. The predicted octanol–water partition coefficient (Wildman–Crippen LogP) is 3.88. The second-order valence-corrected chi connectivity index (χ2v) is 9.68. The van der Waals surface area contributed by atoms with Gasteiger partial charge in [0, 0.05) is 18.6 Å². The Morgan fingerprint density at radius 3 is 2.30 bits per heavy atom. The standard InChI is InChI=1S/C26H28N4O7/c1-16(18-7-5-17(14-27)6-8-18)28-23(31)22-13-21(15-29(22)25(33)37-26(2,3)4)36-24(32)19-9-11-20(12-10-19)30(34)35/h5-12,16,21-22H,13,15H2,1-4H3,(H,28,31)/t16-,21+,22-/m0/s1. The van der Waals surface area contributed by atoms with Crippen molar-refractivity contribution >= 4 is 23.7 Å². The minimum atomic E-state index is -0.953. The van der Waals surface area contributed by atoms with Crippen LogP contribution in [0.3, 0.4) is 0 Å². The number of nitro benzene ring substituents is 1. The van der Waals surface area contributed by atoms with Crippen molar-refractivity contribution in [3.8, 4) is 6.07 Å². The third kappa shape index (κ3) is 7.04. The maximum atomic E-state index is 13.2. The molecule has 2 aromatic carbocycles. The summed E-state index contributed by atoms with van der Waals surface area (Å²) in [4.78, 5) is 50.2. The first-order valence-corrected chi connectivity index (χ1v) is 11.6. The number of rotatable bonds is 6. The fourth-order valence-electron chi connectivity index (χ4n) is 3.83. The second kappa shape index (κ2) is 11.1. The molecule has 3 rings (SSSR count). The van der Waals surface area contributed by atoms with Crippen LogP contribution >= 0.6 is 0 Å². The molecular formula is C26H28N4O7. The Labute approximate surface area is 214 Å². The van der Waals surface area contributed by atoms with E-state index in [4.69, 9.17) is 14.7 Å². The fraction of sp³-hybridized carbons (Fsp3) is 0.385. The summed E-state index contributed by atoms with van der Waals surface area (Å²) in [5.41, 5.74) is 0.405. The summed E-state index contributed by atoms with van der Waals surface area (Å²) < 4.78 is 11.0. The summed E-state index contributed by atoms with van der Waals surface area (Å²) in [7, 11) is 0. The summed E-state index contributed by atoms with van der Waals surface area (Å²) >= 11 is 0. The zero-order valence-corrected chi connectivity index (χ0v) is 21.0. The van der Waals surface area contributed by atoms with Crippen molar-refractivity contribution in [2.24, 2.45) is 0 Å². The lowest BCUT2D eigenvalue weighted by atomic mass is 10.1. The van der Waals surface area contributed by atoms with Crippen molar-refractivity contribution in [3.05, 3.63) is 75.3 Å². The van der Waals surface area contributed by atoms with Crippen LogP contribution in [0.4, 0.5) is 10.5 Å². The number of amides is 2. The van der Waals surface area contributed by atoms with Crippen molar-refractivity contribution in [1.29, 1.82) is 5.26 Å². The number of nitro groups is 1. The summed E-state index contributed by atoms with van der Waals surface area (Å²) in [5.74, 6) is -1.17. The number of carbonyl (C=O) groups is 3. The number of non-ortho nitro benzene ring substituents is 1. The molecule has 1 saturated heterocycles. The van der Waals surface area contributed by atoms with E-state index in [9.17, 15) is 24.5 Å². The predicted molar refractivity (Wildman–Crippen MR) is 131 cm³/mol. The Bertz CT molecular complexity index is 1210. The van der Waals surface area contributed by atoms with E-state index >= 15 is 0 Å². The van der Waals surface area contributed by atoms with E-state index in [0.717, 1.165) is 5.56 Å². The highest BCUT2D eigenvalue weighted by atomic mass is 16.6. The first kappa shape index (κ1) is 27.1. The Morgan fingerprint density at radius 1 is 1.14 bits per heavy atom. The highest BCUT2D eigenvalue weighted by Crippen LogP contribution is 2.26. The molecule has 1 N–H and O–H groups in total. The van der Waals surface area contributed by atoms with Gasteiger partial charge in [0.2, 0.25) is 5.91 Å². The third-order valence-electron chi connectivity index (χ3n) is 5.68. The topological polar surface area (TPSA) is 152 Å². The molecule has 1 fully saturated rings. The Kier molecular flexibility index (Phi) is 8.12. The molecule has 1 aliphatic heterocycles. The first-order valence-electron chi connectivity index (χ1n) is 11.6. The summed E-state index contributed by atoms with van der Waals surface area (Å²) in [6.45, 7) is 6.83. The molecule has 0 aliphatic carbocycles. The first-order chi connectivity index (χ1) is 17.4. The van der Waals surface area contributed by atoms with Crippen LogP contribution in [-0.4, -0.2) is 52.1 Å². The molecule has 37 heavy (non-hydrogen) atoms. The lowest BCUT2D eigenvalue weighted by Crippen LogP contribution is -2.48. The van der Waals surface area contributed by atoms with Gasteiger partial charge in [-0.25, -0.2) is 9.59 Å². The van der Waals surface area contributed by atoms with Crippen LogP contribution in [0.2, 0.25) is 0 Å². The lowest BCUT2D eigenvalue weighted by Gasteiger charge is -2.28. The number of nitriles is 1. The van der Waals surface area contributed by atoms with Gasteiger partial charge < -0.3 is 14.8 Å². The van der Waals surface area contributed by atoms with E-state index in [1.807, 2.05) is 6.07 Å². The van der Waals surface area contributed by atoms with Crippen LogP contribution in [0, 0.1) is 21.4 Å². The maximum Gasteiger partial charge on any atom is 0.411 e. The van der Waals surface area contributed by atoms with Crippen molar-refractivity contribution < 1.29 is 28.8 Å². The van der Waals surface area contributed by atoms with Crippen LogP contribution < -0.4 is 5.32 Å². The van der Waals surface area contributed by atoms with Gasteiger partial charge >= 0.3 is 12.1 Å². The molecule has 2 amide bonds. The molecule has 0 aromatic heterocycles. The fourth-order valence-corrected chi connectivity index (χ4v) is 3.83. The number of hydrogen-bond acceptors (Lipinski definition) is 8. The quantitative estimate of drug-likeness (QED) is 0.351. The zero-order chi connectivity index (χ0) is 27.3. The molecule has 3 atom stereocenters. The molecule has 11 heteroatoms. The van der Waals surface area contributed by atoms with Crippen LogP contribution in [0.5, 0.6) is 0 Å². The molecule has 0 radical (unpaired) electrons. The summed E-state index contributed by atoms with van der Waals surface area (Å²) in [6.07, 6.45) is -1.46. The number of esters is 1. The number of benzene rings is 2. The maximum absolute atomic E-state index is 13.2. The van der Waals surface area contributed by atoms with Crippen LogP contribution in [-0.2, 0) is 14.3 Å². The molecule has 11 nitrogen and oxygen atoms in total. The van der Waals surface area contributed by atoms with E-state index in [-0.39, 0.29) is 24.2 Å². The van der Waals surface area contributed by atoms with Gasteiger partial charge in [-0.05, 0) is 57.5 Å². The van der Waals surface area contributed by atoms with Crippen LogP contribution in [0.15, 0.2) is 48.5 Å². The average Bonchev–Trinajstić information content (AvgIpc) is 3.27. The number of likely N-dealkylation sites (tertiary alicyclic amines) is 1. The zero-order valence-electron chi connectivity index (χ0n) is 21.0. The molecule has 0 saturated carbocycles. The number of ether oxygens (including phenoxy) is 2. The SMILES string of the molecule is C[C@H](NC(=O)[C@@H]1C[C@@H](OC(=O)c2ccc([N+](=O)[O-])cc2)CN1C(=O)OC(C)(C)C)c1ccc(C#N)cc1. The van der Waals surface area contributed by atoms with Crippen molar-refractivity contribution in [2.75, 3.05) is 6.54 Å². The van der Waals surface area contributed by atoms with Crippen molar-refractivity contribution in [2.45, 2.75) is 57.9 Å². The van der Waals surface area contributed by atoms with E-state index in [1.165, 1.54) is 29.2 Å². The van der Waals surface area contributed by atoms with Gasteiger partial charge in [-0.2, -0.15) is 5.26 Å². The van der Waals surface area contributed by atoms with Gasteiger partial charge in [-0.1, -0.05) is 12.1 Å². The summed E-state index contributed by atoms with van der Waals surface area (Å²) in [5, 5.41) is 22.7. The largest absolute Gasteiger partial charge is 0.457 e. The van der Waals surface area contributed by atoms with Gasteiger partial charge in [-0.3, -0.25) is 19.8 Å².